The lowest BCUT2D eigenvalue weighted by atomic mass is 10.1. The first-order valence-corrected chi connectivity index (χ1v) is 16.1. The number of phenols is 1. The summed E-state index contributed by atoms with van der Waals surface area (Å²) in [6.45, 7) is 6.62. The average Bonchev–Trinajstić information content (AvgIpc) is 3.35. The average molecular weight is 615 g/mol. The van der Waals surface area contributed by atoms with Crippen LogP contribution < -0.4 is 10.0 Å². The van der Waals surface area contributed by atoms with Gasteiger partial charge in [0.05, 0.1) is 21.6 Å². The van der Waals surface area contributed by atoms with E-state index < -0.39 is 10.0 Å². The Hall–Kier alpha value is -4.61. The van der Waals surface area contributed by atoms with Gasteiger partial charge in [0.25, 0.3) is 10.0 Å². The first-order valence-electron chi connectivity index (χ1n) is 14.6. The first-order chi connectivity index (χ1) is 21.1. The minimum absolute atomic E-state index is 0.0664. The summed E-state index contributed by atoms with van der Waals surface area (Å²) in [6, 6.07) is 23.0. The number of benzene rings is 4. The van der Waals surface area contributed by atoms with Crippen LogP contribution >= 0.6 is 0 Å². The lowest BCUT2D eigenvalue weighted by Crippen LogP contribution is -2.38. The zero-order chi connectivity index (χ0) is 31.4. The Morgan fingerprint density at radius 3 is 2.32 bits per heavy atom. The highest BCUT2D eigenvalue weighted by Gasteiger charge is 2.26. The second kappa shape index (κ2) is 12.9. The number of aromatic nitrogens is 2. The van der Waals surface area contributed by atoms with E-state index in [1.165, 1.54) is 4.31 Å². The Bertz CT molecular complexity index is 1910. The van der Waals surface area contributed by atoms with E-state index in [1.807, 2.05) is 54.1 Å². The van der Waals surface area contributed by atoms with Crippen molar-refractivity contribution in [1.29, 1.82) is 0 Å². The van der Waals surface area contributed by atoms with Gasteiger partial charge in [-0.2, -0.15) is 0 Å². The van der Waals surface area contributed by atoms with Crippen molar-refractivity contribution in [2.45, 2.75) is 31.6 Å². The Morgan fingerprint density at radius 1 is 0.909 bits per heavy atom. The maximum atomic E-state index is 14.2. The molecular weight excluding hydrogens is 576 g/mol. The van der Waals surface area contributed by atoms with Gasteiger partial charge in [-0.25, -0.2) is 13.4 Å². The van der Waals surface area contributed by atoms with Crippen molar-refractivity contribution >= 4 is 43.4 Å². The summed E-state index contributed by atoms with van der Waals surface area (Å²) >= 11 is 0. The number of nitrogens with two attached hydrogens (primary N) is 1. The van der Waals surface area contributed by atoms with Crippen molar-refractivity contribution < 1.29 is 18.7 Å². The Kier molecular flexibility index (Phi) is 9.07. The Morgan fingerprint density at radius 2 is 1.61 bits per heavy atom. The molecule has 0 radical (unpaired) electrons. The van der Waals surface area contributed by atoms with Gasteiger partial charge in [-0.1, -0.05) is 55.4 Å². The molecule has 0 amide bonds. The van der Waals surface area contributed by atoms with Crippen molar-refractivity contribution in [3.05, 3.63) is 95.8 Å². The summed E-state index contributed by atoms with van der Waals surface area (Å²) in [7, 11) is -1.96. The van der Waals surface area contributed by atoms with Crippen LogP contribution in [0, 0.1) is 0 Å². The topological polar surface area (TPSA) is 137 Å². The molecule has 4 aromatic carbocycles. The lowest BCUT2D eigenvalue weighted by molar-refractivity contribution is 0.313. The maximum Gasteiger partial charge on any atom is 0.264 e. The number of sulfonamides is 1. The first kappa shape index (κ1) is 30.8. The molecule has 0 bridgehead atoms. The fraction of sp³-hybridized carbons (Fsp3) is 0.273. The van der Waals surface area contributed by atoms with E-state index >= 15 is 0 Å². The zero-order valence-corrected chi connectivity index (χ0v) is 26.0. The van der Waals surface area contributed by atoms with Gasteiger partial charge in [-0.05, 0) is 78.3 Å². The predicted molar refractivity (Wildman–Crippen MR) is 175 cm³/mol. The van der Waals surface area contributed by atoms with Gasteiger partial charge in [0.15, 0.2) is 5.84 Å². The van der Waals surface area contributed by atoms with Crippen LogP contribution in [0.15, 0.2) is 88.9 Å². The molecule has 0 unspecified atom stereocenters. The largest absolute Gasteiger partial charge is 0.508 e. The van der Waals surface area contributed by atoms with Crippen molar-refractivity contribution in [3.63, 3.8) is 0 Å². The van der Waals surface area contributed by atoms with Crippen LogP contribution in [-0.2, 0) is 29.9 Å². The molecule has 0 fully saturated rings. The van der Waals surface area contributed by atoms with Crippen LogP contribution in [0.4, 0.5) is 5.69 Å². The summed E-state index contributed by atoms with van der Waals surface area (Å²) in [5, 5.41) is 23.3. The van der Waals surface area contributed by atoms with Gasteiger partial charge in [-0.15, -0.1) is 0 Å². The van der Waals surface area contributed by atoms with Gasteiger partial charge in [0, 0.05) is 32.1 Å². The van der Waals surface area contributed by atoms with Crippen LogP contribution in [0.3, 0.4) is 0 Å². The highest BCUT2D eigenvalue weighted by Crippen LogP contribution is 2.30. The third-order valence-electron chi connectivity index (χ3n) is 8.14. The van der Waals surface area contributed by atoms with Crippen LogP contribution in [-0.4, -0.2) is 65.2 Å². The Labute approximate surface area is 257 Å². The van der Waals surface area contributed by atoms with Crippen LogP contribution in [0.1, 0.15) is 30.8 Å². The number of aromatic hydroxyl groups is 1. The SMILES string of the molecule is CCN(CC)CCN(c1ccc2c(c1)nc(CCc1ccc(/C(N)=N/O)cc1)n2C)S(=O)(=O)c1ccc2cc(O)ccc2c1. The molecule has 0 spiro atoms. The number of phenolic OH excluding ortho intramolecular Hbond substituents is 1. The van der Waals surface area contributed by atoms with E-state index in [2.05, 4.69) is 23.9 Å². The van der Waals surface area contributed by atoms with E-state index in [0.717, 1.165) is 52.7 Å². The summed E-state index contributed by atoms with van der Waals surface area (Å²) in [5.74, 6) is 1.08. The van der Waals surface area contributed by atoms with Crippen molar-refractivity contribution in [1.82, 2.24) is 14.5 Å². The minimum atomic E-state index is -3.92. The third-order valence-corrected chi connectivity index (χ3v) is 9.96. The maximum absolute atomic E-state index is 14.2. The number of rotatable bonds is 12. The summed E-state index contributed by atoms with van der Waals surface area (Å²) in [6.07, 6.45) is 1.42. The molecule has 4 N–H and O–H groups in total. The molecule has 0 aliphatic rings. The molecule has 10 nitrogen and oxygen atoms in total. The summed E-state index contributed by atoms with van der Waals surface area (Å²) in [4.78, 5) is 7.28. The van der Waals surface area contributed by atoms with E-state index in [4.69, 9.17) is 15.9 Å². The molecule has 230 valence electrons. The fourth-order valence-corrected chi connectivity index (χ4v) is 6.92. The van der Waals surface area contributed by atoms with Crippen molar-refractivity contribution in [2.75, 3.05) is 30.5 Å². The van der Waals surface area contributed by atoms with Crippen molar-refractivity contribution in [3.8, 4) is 5.75 Å². The van der Waals surface area contributed by atoms with Crippen LogP contribution in [0.25, 0.3) is 21.8 Å². The number of aryl methyl sites for hydroxylation is 3. The van der Waals surface area contributed by atoms with E-state index in [0.29, 0.717) is 24.2 Å². The molecule has 5 aromatic rings. The molecule has 0 aliphatic heterocycles. The van der Waals surface area contributed by atoms with E-state index in [-0.39, 0.29) is 23.0 Å². The zero-order valence-electron chi connectivity index (χ0n) is 25.2. The molecular formula is C33H38N6O4S. The van der Waals surface area contributed by atoms with E-state index in [1.54, 1.807) is 36.4 Å². The molecule has 0 saturated carbocycles. The monoisotopic (exact) mass is 614 g/mol. The molecule has 0 atom stereocenters. The number of nitrogens with zero attached hydrogens (tertiary/aromatic N) is 5. The van der Waals surface area contributed by atoms with Crippen LogP contribution in [0.5, 0.6) is 5.75 Å². The molecule has 0 saturated heterocycles. The molecule has 5 rings (SSSR count). The molecule has 11 heteroatoms. The number of likely N-dealkylation sites (N-methyl/N-ethyl adjacent to an activating group) is 1. The molecule has 1 heterocycles. The van der Waals surface area contributed by atoms with Gasteiger partial charge >= 0.3 is 0 Å². The second-order valence-corrected chi connectivity index (χ2v) is 12.6. The number of imidazole rings is 1. The van der Waals surface area contributed by atoms with Gasteiger partial charge in [-0.3, -0.25) is 4.31 Å². The summed E-state index contributed by atoms with van der Waals surface area (Å²) < 4.78 is 31.9. The number of amidine groups is 1. The predicted octanol–water partition coefficient (Wildman–Crippen LogP) is 4.85. The minimum Gasteiger partial charge on any atom is -0.508 e. The number of fused-ring (bicyclic) bond motifs is 2. The smallest absolute Gasteiger partial charge is 0.264 e. The lowest BCUT2D eigenvalue weighted by Gasteiger charge is -2.28. The van der Waals surface area contributed by atoms with Gasteiger partial charge in [0.2, 0.25) is 0 Å². The highest BCUT2D eigenvalue weighted by atomic mass is 32.2. The number of anilines is 1. The number of oxime groups is 1. The van der Waals surface area contributed by atoms with Gasteiger partial charge in [0.1, 0.15) is 11.6 Å². The van der Waals surface area contributed by atoms with E-state index in [9.17, 15) is 13.5 Å². The second-order valence-electron chi connectivity index (χ2n) is 10.7. The third kappa shape index (κ3) is 6.34. The highest BCUT2D eigenvalue weighted by molar-refractivity contribution is 7.92. The van der Waals surface area contributed by atoms with Crippen molar-refractivity contribution in [2.24, 2.45) is 17.9 Å². The fourth-order valence-electron chi connectivity index (χ4n) is 5.43. The standard InChI is InChI=1S/C33H38N6O4S/c1-4-38(5-2)18-19-39(44(42,43)29-15-12-25-20-28(40)14-11-26(25)21-29)27-13-16-31-30(22-27)35-32(37(31)3)17-8-23-6-9-24(10-7-23)33(34)36-41/h6-7,9-16,20-22,40-41H,4-5,8,17-19H2,1-3H3,(H2,34,36). The van der Waals surface area contributed by atoms with Crippen LogP contribution in [0.2, 0.25) is 0 Å². The molecule has 44 heavy (non-hydrogen) atoms. The quantitative estimate of drug-likeness (QED) is 0.0791. The molecule has 1 aromatic heterocycles. The van der Waals surface area contributed by atoms with Gasteiger partial charge < -0.3 is 25.5 Å². The normalized spacial score (nSPS) is 12.4. The number of hydrogen-bond acceptors (Lipinski definition) is 7. The number of hydrogen-bond donors (Lipinski definition) is 3. The molecule has 0 aliphatic carbocycles. The summed E-state index contributed by atoms with van der Waals surface area (Å²) in [5.41, 5.74) is 9.60. The Balaban J connectivity index is 1.46.